The highest BCUT2D eigenvalue weighted by atomic mass is 32.2. The quantitative estimate of drug-likeness (QED) is 0.538. The Hall–Kier alpha value is -1.86. The van der Waals surface area contributed by atoms with Crippen molar-refractivity contribution < 1.29 is 13.2 Å². The molecule has 0 aliphatic heterocycles. The first-order valence-electron chi connectivity index (χ1n) is 5.46. The van der Waals surface area contributed by atoms with Gasteiger partial charge < -0.3 is 0 Å². The number of benzene rings is 2. The molecule has 2 aromatic rings. The van der Waals surface area contributed by atoms with Crippen molar-refractivity contribution in [3.63, 3.8) is 0 Å². The lowest BCUT2D eigenvalue weighted by Gasteiger charge is -2.06. The van der Waals surface area contributed by atoms with Crippen molar-refractivity contribution >= 4 is 11.8 Å². The van der Waals surface area contributed by atoms with Crippen molar-refractivity contribution in [3.05, 3.63) is 65.7 Å². The molecule has 96 valence electrons. The second-order valence-electron chi connectivity index (χ2n) is 3.66. The average Bonchev–Trinajstić information content (AvgIpc) is 2.37. The molecule has 0 aliphatic carbocycles. The Bertz CT molecular complexity index is 607. The van der Waals surface area contributed by atoms with Crippen LogP contribution in [0.25, 0.3) is 0 Å². The number of hydrogen-bond donors (Lipinski definition) is 0. The summed E-state index contributed by atoms with van der Waals surface area (Å²) in [5, 5.41) is 0. The van der Waals surface area contributed by atoms with Gasteiger partial charge in [0.25, 0.3) is 0 Å². The number of halogens is 3. The molecule has 0 atom stereocenters. The molecule has 0 nitrogen and oxygen atoms in total. The van der Waals surface area contributed by atoms with Crippen LogP contribution in [0.5, 0.6) is 0 Å². The second kappa shape index (κ2) is 5.85. The lowest BCUT2D eigenvalue weighted by atomic mass is 10.2. The highest BCUT2D eigenvalue weighted by Gasteiger charge is 2.30. The fourth-order valence-corrected chi connectivity index (χ4v) is 2.07. The van der Waals surface area contributed by atoms with Crippen LogP contribution in [0.3, 0.4) is 0 Å². The van der Waals surface area contributed by atoms with Gasteiger partial charge in [0.15, 0.2) is 0 Å². The molecule has 0 heterocycles. The van der Waals surface area contributed by atoms with Gasteiger partial charge >= 0.3 is 5.51 Å². The Balaban J connectivity index is 2.29. The molecular weight excluding hydrogens is 269 g/mol. The zero-order valence-electron chi connectivity index (χ0n) is 9.74. The van der Waals surface area contributed by atoms with Gasteiger partial charge in [-0.3, -0.25) is 0 Å². The SMILES string of the molecule is FC(F)(F)Sc1ccccc1C#Cc1ccccc1. The highest BCUT2D eigenvalue weighted by molar-refractivity contribution is 8.00. The van der Waals surface area contributed by atoms with Crippen LogP contribution in [0.1, 0.15) is 11.1 Å². The first kappa shape index (κ1) is 13.6. The monoisotopic (exact) mass is 278 g/mol. The number of thioether (sulfide) groups is 1. The van der Waals surface area contributed by atoms with E-state index < -0.39 is 5.51 Å². The molecule has 0 N–H and O–H groups in total. The van der Waals surface area contributed by atoms with Crippen molar-refractivity contribution in [2.45, 2.75) is 10.4 Å². The molecule has 0 spiro atoms. The van der Waals surface area contributed by atoms with E-state index in [4.69, 9.17) is 0 Å². The lowest BCUT2D eigenvalue weighted by Crippen LogP contribution is -2.00. The smallest absolute Gasteiger partial charge is 0.160 e. The van der Waals surface area contributed by atoms with E-state index in [1.807, 2.05) is 30.3 Å². The fraction of sp³-hybridized carbons (Fsp3) is 0.0667. The van der Waals surface area contributed by atoms with Gasteiger partial charge in [-0.1, -0.05) is 42.2 Å². The predicted molar refractivity (Wildman–Crippen MR) is 70.8 cm³/mol. The van der Waals surface area contributed by atoms with Crippen LogP contribution < -0.4 is 0 Å². The Labute approximate surface area is 113 Å². The molecule has 0 bridgehead atoms. The normalized spacial score (nSPS) is 10.7. The molecule has 0 saturated carbocycles. The van der Waals surface area contributed by atoms with E-state index >= 15 is 0 Å². The maximum atomic E-state index is 12.4. The summed E-state index contributed by atoms with van der Waals surface area (Å²) in [6.45, 7) is 0. The summed E-state index contributed by atoms with van der Waals surface area (Å²) >= 11 is -0.140. The van der Waals surface area contributed by atoms with Gasteiger partial charge in [-0.15, -0.1) is 0 Å². The van der Waals surface area contributed by atoms with E-state index in [0.29, 0.717) is 5.56 Å². The number of hydrogen-bond acceptors (Lipinski definition) is 1. The van der Waals surface area contributed by atoms with E-state index in [1.165, 1.54) is 6.07 Å². The molecular formula is C15H9F3S. The van der Waals surface area contributed by atoms with Crippen LogP contribution in [0.15, 0.2) is 59.5 Å². The van der Waals surface area contributed by atoms with E-state index in [2.05, 4.69) is 11.8 Å². The third kappa shape index (κ3) is 4.38. The molecule has 0 radical (unpaired) electrons. The summed E-state index contributed by atoms with van der Waals surface area (Å²) < 4.78 is 37.2. The molecule has 19 heavy (non-hydrogen) atoms. The van der Waals surface area contributed by atoms with Gasteiger partial charge in [-0.2, -0.15) is 13.2 Å². The number of rotatable bonds is 1. The Morgan fingerprint density at radius 3 is 2.11 bits per heavy atom. The molecule has 0 saturated heterocycles. The summed E-state index contributed by atoms with van der Waals surface area (Å²) in [6, 6.07) is 15.4. The summed E-state index contributed by atoms with van der Waals surface area (Å²) in [7, 11) is 0. The molecule has 2 rings (SSSR count). The average molecular weight is 278 g/mol. The third-order valence-electron chi connectivity index (χ3n) is 2.23. The largest absolute Gasteiger partial charge is 0.446 e. The van der Waals surface area contributed by atoms with Crippen molar-refractivity contribution in [3.8, 4) is 11.8 Å². The van der Waals surface area contributed by atoms with E-state index in [1.54, 1.807) is 18.2 Å². The highest BCUT2D eigenvalue weighted by Crippen LogP contribution is 2.38. The van der Waals surface area contributed by atoms with Crippen molar-refractivity contribution in [2.24, 2.45) is 0 Å². The first-order chi connectivity index (χ1) is 9.04. The third-order valence-corrected chi connectivity index (χ3v) is 3.04. The minimum Gasteiger partial charge on any atom is -0.160 e. The van der Waals surface area contributed by atoms with Crippen LogP contribution >= 0.6 is 11.8 Å². The first-order valence-corrected chi connectivity index (χ1v) is 6.28. The van der Waals surface area contributed by atoms with Gasteiger partial charge in [-0.05, 0) is 36.0 Å². The molecule has 2 aromatic carbocycles. The molecule has 0 fully saturated rings. The summed E-state index contributed by atoms with van der Waals surface area (Å²) in [5.74, 6) is 5.64. The second-order valence-corrected chi connectivity index (χ2v) is 4.77. The summed E-state index contributed by atoms with van der Waals surface area (Å²) in [4.78, 5) is 0.124. The molecule has 0 unspecified atom stereocenters. The van der Waals surface area contributed by atoms with Gasteiger partial charge in [-0.25, -0.2) is 0 Å². The summed E-state index contributed by atoms with van der Waals surface area (Å²) in [6.07, 6.45) is 0. The van der Waals surface area contributed by atoms with E-state index in [0.717, 1.165) is 5.56 Å². The van der Waals surface area contributed by atoms with Crippen LogP contribution in [-0.2, 0) is 0 Å². The van der Waals surface area contributed by atoms with E-state index in [-0.39, 0.29) is 16.7 Å². The molecule has 0 aromatic heterocycles. The van der Waals surface area contributed by atoms with E-state index in [9.17, 15) is 13.2 Å². The Kier molecular flexibility index (Phi) is 4.18. The van der Waals surface area contributed by atoms with Gasteiger partial charge in [0.2, 0.25) is 0 Å². The minimum atomic E-state index is -4.30. The van der Waals surface area contributed by atoms with Crippen LogP contribution in [0.4, 0.5) is 13.2 Å². The maximum absolute atomic E-state index is 12.4. The summed E-state index contributed by atoms with van der Waals surface area (Å²) in [5.41, 5.74) is -3.15. The standard InChI is InChI=1S/C15H9F3S/c16-15(17,18)19-14-9-5-4-8-13(14)11-10-12-6-2-1-3-7-12/h1-9H. The van der Waals surface area contributed by atoms with Crippen LogP contribution in [-0.4, -0.2) is 5.51 Å². The Morgan fingerprint density at radius 1 is 0.789 bits per heavy atom. The zero-order chi connectivity index (χ0) is 13.7. The molecule has 0 amide bonds. The topological polar surface area (TPSA) is 0 Å². The molecule has 4 heteroatoms. The minimum absolute atomic E-state index is 0.124. The Morgan fingerprint density at radius 2 is 1.42 bits per heavy atom. The van der Waals surface area contributed by atoms with Crippen molar-refractivity contribution in [1.82, 2.24) is 0 Å². The van der Waals surface area contributed by atoms with Gasteiger partial charge in [0.1, 0.15) is 0 Å². The fourth-order valence-electron chi connectivity index (χ4n) is 1.44. The zero-order valence-corrected chi connectivity index (χ0v) is 10.6. The van der Waals surface area contributed by atoms with Crippen molar-refractivity contribution in [2.75, 3.05) is 0 Å². The van der Waals surface area contributed by atoms with Crippen LogP contribution in [0, 0.1) is 11.8 Å². The molecule has 0 aliphatic rings. The van der Waals surface area contributed by atoms with Gasteiger partial charge in [0, 0.05) is 16.0 Å². The number of alkyl halides is 3. The lowest BCUT2D eigenvalue weighted by molar-refractivity contribution is -0.0328. The van der Waals surface area contributed by atoms with Crippen molar-refractivity contribution in [1.29, 1.82) is 0 Å². The maximum Gasteiger partial charge on any atom is 0.446 e. The van der Waals surface area contributed by atoms with Crippen LogP contribution in [0.2, 0.25) is 0 Å². The van der Waals surface area contributed by atoms with Gasteiger partial charge in [0.05, 0.1) is 0 Å². The predicted octanol–water partition coefficient (Wildman–Crippen LogP) is 4.70.